The minimum atomic E-state index is -0.547. The number of β-amino-alcohol motifs (C(OH)–C–C–N with tert-alkyl or cyclic N) is 1. The first-order chi connectivity index (χ1) is 10.6. The van der Waals surface area contributed by atoms with Gasteiger partial charge in [0.1, 0.15) is 5.75 Å². The predicted octanol–water partition coefficient (Wildman–Crippen LogP) is 2.00. The lowest BCUT2D eigenvalue weighted by Gasteiger charge is -2.32. The van der Waals surface area contributed by atoms with Crippen molar-refractivity contribution in [3.63, 3.8) is 0 Å². The largest absolute Gasteiger partial charge is 0.497 e. The fraction of sp³-hybridized carbons (Fsp3) is 0.588. The van der Waals surface area contributed by atoms with Crippen molar-refractivity contribution in [2.24, 2.45) is 5.92 Å². The van der Waals surface area contributed by atoms with E-state index in [0.717, 1.165) is 37.2 Å². The summed E-state index contributed by atoms with van der Waals surface area (Å²) < 4.78 is 10.3. The van der Waals surface area contributed by atoms with Crippen molar-refractivity contribution in [1.82, 2.24) is 4.90 Å². The van der Waals surface area contributed by atoms with Gasteiger partial charge in [-0.2, -0.15) is 0 Å². The predicted molar refractivity (Wildman–Crippen MR) is 83.8 cm³/mol. The second kappa shape index (κ2) is 8.15. The van der Waals surface area contributed by atoms with Crippen LogP contribution >= 0.6 is 0 Å². The van der Waals surface area contributed by atoms with Gasteiger partial charge in [0, 0.05) is 6.54 Å². The highest BCUT2D eigenvalue weighted by Crippen LogP contribution is 2.23. The Balaban J connectivity index is 1.83. The van der Waals surface area contributed by atoms with Crippen molar-refractivity contribution >= 4 is 5.97 Å². The van der Waals surface area contributed by atoms with Gasteiger partial charge in [0.05, 0.1) is 25.7 Å². The number of methoxy groups -OCH3 is 1. The Labute approximate surface area is 131 Å². The number of nitrogens with zero attached hydrogens (tertiary/aromatic N) is 1. The smallest absolute Gasteiger partial charge is 0.309 e. The molecule has 22 heavy (non-hydrogen) atoms. The van der Waals surface area contributed by atoms with Gasteiger partial charge < -0.3 is 19.5 Å². The second-order valence-corrected chi connectivity index (χ2v) is 5.62. The van der Waals surface area contributed by atoms with Crippen molar-refractivity contribution < 1.29 is 19.4 Å². The van der Waals surface area contributed by atoms with Gasteiger partial charge in [-0.25, -0.2) is 0 Å². The highest BCUT2D eigenvalue weighted by atomic mass is 16.5. The molecule has 1 aromatic carbocycles. The average Bonchev–Trinajstić information content (AvgIpc) is 2.55. The molecule has 1 unspecified atom stereocenters. The van der Waals surface area contributed by atoms with Crippen LogP contribution in [0, 0.1) is 5.92 Å². The number of piperidine rings is 1. The Bertz CT molecular complexity index is 483. The van der Waals surface area contributed by atoms with E-state index in [2.05, 4.69) is 4.90 Å². The molecule has 122 valence electrons. The SMILES string of the molecule is CCOC(=O)C1CCN(CC(O)c2cccc(OC)c2)CC1. The Morgan fingerprint density at radius 3 is 2.77 bits per heavy atom. The van der Waals surface area contributed by atoms with E-state index in [1.165, 1.54) is 0 Å². The van der Waals surface area contributed by atoms with E-state index >= 15 is 0 Å². The van der Waals surface area contributed by atoms with E-state index in [1.54, 1.807) is 7.11 Å². The molecule has 0 bridgehead atoms. The van der Waals surface area contributed by atoms with Crippen LogP contribution in [0.3, 0.4) is 0 Å². The number of rotatable bonds is 6. The normalized spacial score (nSPS) is 18.0. The van der Waals surface area contributed by atoms with Crippen LogP contribution in [0.15, 0.2) is 24.3 Å². The van der Waals surface area contributed by atoms with E-state index in [0.29, 0.717) is 13.2 Å². The molecule has 1 saturated heterocycles. The molecule has 1 heterocycles. The van der Waals surface area contributed by atoms with Crippen LogP contribution in [-0.4, -0.2) is 49.3 Å². The number of hydrogen-bond donors (Lipinski definition) is 1. The average molecular weight is 307 g/mol. The fourth-order valence-electron chi connectivity index (χ4n) is 2.81. The fourth-order valence-corrected chi connectivity index (χ4v) is 2.81. The van der Waals surface area contributed by atoms with Crippen LogP contribution < -0.4 is 4.74 Å². The van der Waals surface area contributed by atoms with E-state index in [-0.39, 0.29) is 11.9 Å². The number of esters is 1. The van der Waals surface area contributed by atoms with Crippen molar-refractivity contribution in [2.75, 3.05) is 33.4 Å². The monoisotopic (exact) mass is 307 g/mol. The van der Waals surface area contributed by atoms with Crippen LogP contribution in [0.5, 0.6) is 5.75 Å². The molecule has 1 N–H and O–H groups in total. The van der Waals surface area contributed by atoms with Crippen LogP contribution in [0.25, 0.3) is 0 Å². The summed E-state index contributed by atoms with van der Waals surface area (Å²) in [5, 5.41) is 10.4. The summed E-state index contributed by atoms with van der Waals surface area (Å²) in [6.45, 7) is 4.46. The second-order valence-electron chi connectivity index (χ2n) is 5.62. The van der Waals surface area contributed by atoms with Crippen LogP contribution in [0.1, 0.15) is 31.4 Å². The van der Waals surface area contributed by atoms with Crippen LogP contribution in [-0.2, 0) is 9.53 Å². The van der Waals surface area contributed by atoms with Gasteiger partial charge in [0.2, 0.25) is 0 Å². The third-order valence-corrected chi connectivity index (χ3v) is 4.12. The lowest BCUT2D eigenvalue weighted by molar-refractivity contribution is -0.149. The third-order valence-electron chi connectivity index (χ3n) is 4.12. The number of benzene rings is 1. The molecule has 2 rings (SSSR count). The Morgan fingerprint density at radius 1 is 1.41 bits per heavy atom. The molecule has 0 aliphatic carbocycles. The molecule has 1 fully saturated rings. The van der Waals surface area contributed by atoms with Crippen molar-refractivity contribution in [3.05, 3.63) is 29.8 Å². The number of carbonyl (C=O) groups is 1. The summed E-state index contributed by atoms with van der Waals surface area (Å²) in [6.07, 6.45) is 1.04. The zero-order valence-electron chi connectivity index (χ0n) is 13.3. The molecule has 1 aromatic rings. The van der Waals surface area contributed by atoms with Crippen molar-refractivity contribution in [1.29, 1.82) is 0 Å². The van der Waals surface area contributed by atoms with Crippen LogP contribution in [0.2, 0.25) is 0 Å². The van der Waals surface area contributed by atoms with Gasteiger partial charge >= 0.3 is 5.97 Å². The minimum absolute atomic E-state index is 0.00478. The summed E-state index contributed by atoms with van der Waals surface area (Å²) in [5.74, 6) is 0.665. The molecule has 0 amide bonds. The number of aliphatic hydroxyl groups excluding tert-OH is 1. The maximum Gasteiger partial charge on any atom is 0.309 e. The highest BCUT2D eigenvalue weighted by Gasteiger charge is 2.27. The molecule has 5 heteroatoms. The number of ether oxygens (including phenoxy) is 2. The lowest BCUT2D eigenvalue weighted by Crippen LogP contribution is -2.39. The first-order valence-electron chi connectivity index (χ1n) is 7.85. The Morgan fingerprint density at radius 2 is 2.14 bits per heavy atom. The molecule has 0 aromatic heterocycles. The molecule has 1 aliphatic heterocycles. The Kier molecular flexibility index (Phi) is 6.21. The van der Waals surface area contributed by atoms with E-state index in [1.807, 2.05) is 31.2 Å². The van der Waals surface area contributed by atoms with Crippen molar-refractivity contribution in [2.45, 2.75) is 25.9 Å². The summed E-state index contributed by atoms with van der Waals surface area (Å²) in [5.41, 5.74) is 0.854. The summed E-state index contributed by atoms with van der Waals surface area (Å²) >= 11 is 0. The van der Waals surface area contributed by atoms with Crippen molar-refractivity contribution in [3.8, 4) is 5.75 Å². The molecular weight excluding hydrogens is 282 g/mol. The van der Waals surface area contributed by atoms with E-state index in [9.17, 15) is 9.90 Å². The van der Waals surface area contributed by atoms with Crippen LogP contribution in [0.4, 0.5) is 0 Å². The molecule has 1 aliphatic rings. The number of carbonyl (C=O) groups excluding carboxylic acids is 1. The van der Waals surface area contributed by atoms with Gasteiger partial charge in [0.25, 0.3) is 0 Å². The topological polar surface area (TPSA) is 59.0 Å². The van der Waals surface area contributed by atoms with E-state index < -0.39 is 6.10 Å². The Hall–Kier alpha value is -1.59. The summed E-state index contributed by atoms with van der Waals surface area (Å²) in [4.78, 5) is 13.9. The zero-order valence-corrected chi connectivity index (χ0v) is 13.3. The zero-order chi connectivity index (χ0) is 15.9. The minimum Gasteiger partial charge on any atom is -0.497 e. The molecule has 0 saturated carbocycles. The molecule has 0 radical (unpaired) electrons. The molecule has 1 atom stereocenters. The number of likely N-dealkylation sites (tertiary alicyclic amines) is 1. The molecular formula is C17H25NO4. The first-order valence-corrected chi connectivity index (χ1v) is 7.85. The third kappa shape index (κ3) is 4.45. The molecule has 5 nitrogen and oxygen atoms in total. The molecule has 0 spiro atoms. The number of aliphatic hydroxyl groups is 1. The first kappa shape index (κ1) is 16.8. The van der Waals surface area contributed by atoms with Gasteiger partial charge in [-0.05, 0) is 50.6 Å². The maximum atomic E-state index is 11.7. The summed E-state index contributed by atoms with van der Waals surface area (Å²) in [7, 11) is 1.62. The lowest BCUT2D eigenvalue weighted by atomic mass is 9.96. The number of hydrogen-bond acceptors (Lipinski definition) is 5. The maximum absolute atomic E-state index is 11.7. The highest BCUT2D eigenvalue weighted by molar-refractivity contribution is 5.72. The summed E-state index contributed by atoms with van der Waals surface area (Å²) in [6, 6.07) is 7.50. The van der Waals surface area contributed by atoms with Gasteiger partial charge in [0.15, 0.2) is 0 Å². The van der Waals surface area contributed by atoms with E-state index in [4.69, 9.17) is 9.47 Å². The quantitative estimate of drug-likeness (QED) is 0.815. The van der Waals surface area contributed by atoms with Gasteiger partial charge in [-0.1, -0.05) is 12.1 Å². The van der Waals surface area contributed by atoms with Gasteiger partial charge in [-0.15, -0.1) is 0 Å². The standard InChI is InChI=1S/C17H25NO4/c1-3-22-17(20)13-7-9-18(10-8-13)12-16(19)14-5-4-6-15(11-14)21-2/h4-6,11,13,16,19H,3,7-10,12H2,1-2H3. The van der Waals surface area contributed by atoms with Gasteiger partial charge in [-0.3, -0.25) is 4.79 Å².